The Morgan fingerprint density at radius 2 is 1.75 bits per heavy atom. The summed E-state index contributed by atoms with van der Waals surface area (Å²) in [5.41, 5.74) is 0. The molecule has 0 bridgehead atoms. The average molecular weight is 67.0 g/mol. The van der Waals surface area contributed by atoms with Gasteiger partial charge in [0.1, 0.15) is 0 Å². The topological polar surface area (TPSA) is 9.23 Å². The second-order valence-corrected chi connectivity index (χ2v) is 1.22. The van der Waals surface area contributed by atoms with Crippen LogP contribution in [-0.2, 0) is 3.79 Å². The van der Waals surface area contributed by atoms with E-state index in [0.717, 1.165) is 16.6 Å². The van der Waals surface area contributed by atoms with Crippen molar-refractivity contribution < 1.29 is 3.79 Å². The van der Waals surface area contributed by atoms with Crippen molar-refractivity contribution in [2.45, 2.75) is 0 Å². The summed E-state index contributed by atoms with van der Waals surface area (Å²) in [6.45, 7) is 0. The molecule has 0 rings (SSSR count). The maximum absolute atomic E-state index is 4.39. The maximum atomic E-state index is 4.39. The van der Waals surface area contributed by atoms with Gasteiger partial charge in [-0.1, -0.05) is 0 Å². The minimum atomic E-state index is 0. The van der Waals surface area contributed by atoms with Crippen molar-refractivity contribution in [2.75, 3.05) is 7.11 Å². The molecule has 19 valence electrons. The Labute approximate surface area is 46.6 Å². The summed E-state index contributed by atoms with van der Waals surface area (Å²) >= 11 is 0.869. The molecule has 0 fully saturated rings. The van der Waals surface area contributed by atoms with Crippen LogP contribution in [0.5, 0.6) is 0 Å². The molecular formula is CH5AlLiO. The summed E-state index contributed by atoms with van der Waals surface area (Å²) in [6, 6.07) is 0. The van der Waals surface area contributed by atoms with Gasteiger partial charge in [0, 0.05) is 26.0 Å². The predicted molar refractivity (Wildman–Crippen MR) is 21.3 cm³/mol. The molecular weight excluding hydrogens is 61.9 g/mol. The molecule has 1 nitrogen and oxygen atoms in total. The third-order valence-electron chi connectivity index (χ3n) is 0. The first kappa shape index (κ1) is 8.92. The van der Waals surface area contributed by atoms with E-state index in [1.807, 2.05) is 0 Å². The minimum absolute atomic E-state index is 0. The third kappa shape index (κ3) is 11.4. The Morgan fingerprint density at radius 3 is 1.75 bits per heavy atom. The van der Waals surface area contributed by atoms with E-state index in [9.17, 15) is 0 Å². The van der Waals surface area contributed by atoms with E-state index < -0.39 is 0 Å². The molecule has 0 N–H and O–H groups in total. The van der Waals surface area contributed by atoms with Crippen LogP contribution in [0.15, 0.2) is 0 Å². The molecule has 0 aromatic rings. The monoisotopic (exact) mass is 67.0 g/mol. The van der Waals surface area contributed by atoms with Gasteiger partial charge < -0.3 is 3.79 Å². The Balaban J connectivity index is 0. The molecule has 0 aromatic carbocycles. The molecule has 0 aromatic heterocycles. The Bertz CT molecular complexity index is 8.00. The van der Waals surface area contributed by atoms with Crippen molar-refractivity contribution in [1.29, 1.82) is 0 Å². The van der Waals surface area contributed by atoms with Gasteiger partial charge in [0.05, 0.1) is 0 Å². The first-order valence-corrected chi connectivity index (χ1v) is 1.63. The van der Waals surface area contributed by atoms with E-state index in [2.05, 4.69) is 3.79 Å². The van der Waals surface area contributed by atoms with Crippen molar-refractivity contribution in [1.82, 2.24) is 0 Å². The molecule has 0 aliphatic rings. The summed E-state index contributed by atoms with van der Waals surface area (Å²) < 4.78 is 4.39. The zero-order valence-electron chi connectivity index (χ0n) is 3.41. The molecule has 3 heteroatoms. The molecule has 0 saturated carbocycles. The van der Waals surface area contributed by atoms with Crippen LogP contribution >= 0.6 is 0 Å². The van der Waals surface area contributed by atoms with Crippen LogP contribution in [0.2, 0.25) is 0 Å². The van der Waals surface area contributed by atoms with E-state index in [4.69, 9.17) is 0 Å². The van der Waals surface area contributed by atoms with Crippen LogP contribution in [0.4, 0.5) is 0 Å². The molecule has 0 unspecified atom stereocenters. The summed E-state index contributed by atoms with van der Waals surface area (Å²) in [4.78, 5) is 0. The predicted octanol–water partition coefficient (Wildman–Crippen LogP) is -1.20. The first-order chi connectivity index (χ1) is 1.41. The van der Waals surface area contributed by atoms with E-state index in [1.165, 1.54) is 0 Å². The fourth-order valence-electron chi connectivity index (χ4n) is 0. The number of hydrogen-bond acceptors (Lipinski definition) is 1. The van der Waals surface area contributed by atoms with Crippen LogP contribution in [0, 0.1) is 0 Å². The van der Waals surface area contributed by atoms with Crippen molar-refractivity contribution in [3.8, 4) is 0 Å². The van der Waals surface area contributed by atoms with Crippen molar-refractivity contribution >= 4 is 35.5 Å². The number of rotatable bonds is 0. The van der Waals surface area contributed by atoms with Crippen LogP contribution in [0.1, 0.15) is 0 Å². The second-order valence-electron chi connectivity index (χ2n) is 0.408. The van der Waals surface area contributed by atoms with Crippen molar-refractivity contribution in [3.63, 3.8) is 0 Å². The average Bonchev–Trinajstić information content (AvgIpc) is 0.918. The SMILES string of the molecule is C[O][AlH2].[Li]. The van der Waals surface area contributed by atoms with Gasteiger partial charge in [-0.15, -0.1) is 0 Å². The van der Waals surface area contributed by atoms with Crippen molar-refractivity contribution in [2.24, 2.45) is 0 Å². The second kappa shape index (κ2) is 8.94. The zero-order valence-corrected chi connectivity index (χ0v) is 5.41. The van der Waals surface area contributed by atoms with E-state index in [-0.39, 0.29) is 18.9 Å². The molecule has 0 saturated heterocycles. The van der Waals surface area contributed by atoms with Gasteiger partial charge >= 0.3 is 16.6 Å². The molecule has 0 atom stereocenters. The van der Waals surface area contributed by atoms with Gasteiger partial charge in [0.25, 0.3) is 0 Å². The van der Waals surface area contributed by atoms with E-state index >= 15 is 0 Å². The first-order valence-electron chi connectivity index (χ1n) is 0.816. The Kier molecular flexibility index (Phi) is 19.9. The largest absolute Gasteiger partial charge is 0.508 e. The van der Waals surface area contributed by atoms with Gasteiger partial charge in [-0.25, -0.2) is 0 Å². The molecule has 0 aliphatic carbocycles. The molecule has 4 heavy (non-hydrogen) atoms. The van der Waals surface area contributed by atoms with Crippen LogP contribution < -0.4 is 0 Å². The quantitative estimate of drug-likeness (QED) is 0.323. The fourth-order valence-corrected chi connectivity index (χ4v) is 0. The zero-order chi connectivity index (χ0) is 2.71. The summed E-state index contributed by atoms with van der Waals surface area (Å²) in [5.74, 6) is 0. The van der Waals surface area contributed by atoms with Crippen LogP contribution in [-0.4, -0.2) is 42.6 Å². The van der Waals surface area contributed by atoms with Gasteiger partial charge in [0.15, 0.2) is 0 Å². The molecule has 0 spiro atoms. The molecule has 1 radical (unpaired) electrons. The summed E-state index contributed by atoms with van der Waals surface area (Å²) in [5, 5.41) is 0. The normalized spacial score (nSPS) is 4.25. The fraction of sp³-hybridized carbons (Fsp3) is 1.00. The summed E-state index contributed by atoms with van der Waals surface area (Å²) in [7, 11) is 1.69. The Morgan fingerprint density at radius 1 is 1.75 bits per heavy atom. The maximum Gasteiger partial charge on any atom is 0.409 e. The van der Waals surface area contributed by atoms with Gasteiger partial charge in [-0.05, 0) is 0 Å². The van der Waals surface area contributed by atoms with Gasteiger partial charge in [-0.2, -0.15) is 0 Å². The standard InChI is InChI=1S/CH3O.Al.Li.2H/c1-2;;;;/h1H3;;;;/q-1;+1;;;. The summed E-state index contributed by atoms with van der Waals surface area (Å²) in [6.07, 6.45) is 0. The van der Waals surface area contributed by atoms with Crippen molar-refractivity contribution in [3.05, 3.63) is 0 Å². The van der Waals surface area contributed by atoms with E-state index in [0.29, 0.717) is 0 Å². The minimum Gasteiger partial charge on any atom is -0.508 e. The van der Waals surface area contributed by atoms with Gasteiger partial charge in [0.2, 0.25) is 0 Å². The van der Waals surface area contributed by atoms with Crippen LogP contribution in [0.25, 0.3) is 0 Å². The Hall–Kier alpha value is 1.09. The molecule has 0 amide bonds. The molecule has 0 heterocycles. The van der Waals surface area contributed by atoms with Crippen LogP contribution in [0.3, 0.4) is 0 Å². The van der Waals surface area contributed by atoms with E-state index in [1.54, 1.807) is 7.11 Å². The molecule has 0 aliphatic heterocycles. The number of hydrogen-bond donors (Lipinski definition) is 0. The van der Waals surface area contributed by atoms with Gasteiger partial charge in [-0.3, -0.25) is 0 Å². The third-order valence-corrected chi connectivity index (χ3v) is 0. The smallest absolute Gasteiger partial charge is 0.409 e.